The number of ether oxygens (including phenoxy) is 1. The van der Waals surface area contributed by atoms with Gasteiger partial charge in [0.05, 0.1) is 12.8 Å². The summed E-state index contributed by atoms with van der Waals surface area (Å²) in [6, 6.07) is 12.0. The number of primary amides is 1. The Morgan fingerprint density at radius 2 is 1.85 bits per heavy atom. The lowest BCUT2D eigenvalue weighted by molar-refractivity contribution is 0.0995. The van der Waals surface area contributed by atoms with E-state index in [2.05, 4.69) is 70.7 Å². The van der Waals surface area contributed by atoms with Crippen LogP contribution in [0.2, 0.25) is 0 Å². The predicted molar refractivity (Wildman–Crippen MR) is 133 cm³/mol. The number of benzene rings is 2. The molecule has 1 amide bonds. The average molecular weight is 462 g/mol. The molecule has 0 spiro atoms. The number of amides is 1. The van der Waals surface area contributed by atoms with Crippen LogP contribution in [-0.2, 0) is 18.4 Å². The fourth-order valence-electron chi connectivity index (χ4n) is 4.12. The van der Waals surface area contributed by atoms with Crippen molar-refractivity contribution in [1.29, 1.82) is 0 Å². The van der Waals surface area contributed by atoms with Gasteiger partial charge in [0.15, 0.2) is 11.5 Å². The highest BCUT2D eigenvalue weighted by Crippen LogP contribution is 2.34. The summed E-state index contributed by atoms with van der Waals surface area (Å²) in [7, 11) is 3.73. The third-order valence-corrected chi connectivity index (χ3v) is 5.88. The number of hydrogen-bond acceptors (Lipinski definition) is 8. The molecule has 178 valence electrons. The average Bonchev–Trinajstić information content (AvgIpc) is 2.78. The van der Waals surface area contributed by atoms with Crippen LogP contribution >= 0.6 is 0 Å². The Balaban J connectivity index is 1.70. The fraction of sp³-hybridized carbons (Fsp3) is 0.360. The molecule has 0 atom stereocenters. The lowest BCUT2D eigenvalue weighted by atomic mass is 9.86. The van der Waals surface area contributed by atoms with Gasteiger partial charge in [-0.25, -0.2) is 0 Å². The van der Waals surface area contributed by atoms with Gasteiger partial charge >= 0.3 is 0 Å². The normalized spacial score (nSPS) is 13.8. The largest absolute Gasteiger partial charge is 0.495 e. The molecule has 2 heterocycles. The molecule has 0 saturated heterocycles. The Hall–Kier alpha value is -3.72. The number of methoxy groups -OCH3 is 1. The van der Waals surface area contributed by atoms with E-state index in [1.807, 2.05) is 24.3 Å². The number of likely N-dealkylation sites (N-methyl/N-ethyl adjacent to an activating group) is 1. The van der Waals surface area contributed by atoms with E-state index in [9.17, 15) is 4.79 Å². The van der Waals surface area contributed by atoms with Crippen LogP contribution in [-0.4, -0.2) is 46.7 Å². The molecule has 0 saturated carbocycles. The second-order valence-electron chi connectivity index (χ2n) is 9.55. The van der Waals surface area contributed by atoms with Crippen molar-refractivity contribution < 1.29 is 9.53 Å². The zero-order valence-electron chi connectivity index (χ0n) is 20.3. The molecule has 1 aliphatic rings. The van der Waals surface area contributed by atoms with E-state index in [0.29, 0.717) is 5.75 Å². The number of hydrogen-bond donors (Lipinski definition) is 3. The quantitative estimate of drug-likeness (QED) is 0.508. The number of carbonyl (C=O) groups is 1. The van der Waals surface area contributed by atoms with Gasteiger partial charge in [-0.05, 0) is 53.8 Å². The number of nitrogens with one attached hydrogen (secondary N) is 2. The zero-order valence-corrected chi connectivity index (χ0v) is 20.3. The van der Waals surface area contributed by atoms with Crippen molar-refractivity contribution in [3.63, 3.8) is 0 Å². The number of rotatable bonds is 6. The summed E-state index contributed by atoms with van der Waals surface area (Å²) >= 11 is 0. The maximum atomic E-state index is 12.0. The van der Waals surface area contributed by atoms with E-state index in [0.717, 1.165) is 36.4 Å². The van der Waals surface area contributed by atoms with E-state index in [4.69, 9.17) is 10.5 Å². The van der Waals surface area contributed by atoms with E-state index >= 15 is 0 Å². The van der Waals surface area contributed by atoms with Gasteiger partial charge in [-0.15, -0.1) is 10.2 Å². The second kappa shape index (κ2) is 9.26. The second-order valence-corrected chi connectivity index (χ2v) is 9.55. The van der Waals surface area contributed by atoms with Crippen LogP contribution in [0.5, 0.6) is 5.75 Å². The van der Waals surface area contributed by atoms with Crippen LogP contribution in [0.3, 0.4) is 0 Å². The van der Waals surface area contributed by atoms with Crippen LogP contribution < -0.4 is 21.1 Å². The van der Waals surface area contributed by atoms with Gasteiger partial charge in [0, 0.05) is 18.8 Å². The number of nitrogens with two attached hydrogens (primary N) is 1. The van der Waals surface area contributed by atoms with E-state index in [1.54, 1.807) is 7.11 Å². The first-order valence-electron chi connectivity index (χ1n) is 11.2. The van der Waals surface area contributed by atoms with Crippen molar-refractivity contribution in [2.75, 3.05) is 31.3 Å². The third-order valence-electron chi connectivity index (χ3n) is 5.88. The van der Waals surface area contributed by atoms with Crippen molar-refractivity contribution >= 4 is 29.0 Å². The topological polar surface area (TPSA) is 118 Å². The highest BCUT2D eigenvalue weighted by atomic mass is 16.5. The van der Waals surface area contributed by atoms with Gasteiger partial charge < -0.3 is 26.0 Å². The summed E-state index contributed by atoms with van der Waals surface area (Å²) in [4.78, 5) is 18.9. The first-order valence-corrected chi connectivity index (χ1v) is 11.2. The standard InChI is InChI=1S/C25H31N7O2/c1-25(2,3)17-8-6-7-9-18(17)27-23-21(22(26)33)30-31-24(29-23)28-19-12-16-14-32(4)11-10-15(16)13-20(19)34-5/h6-9,12-13H,10-11,14H2,1-5H3,(H2,26,33)(H2,27,28,29,31). The highest BCUT2D eigenvalue weighted by Gasteiger charge is 2.22. The number of aromatic nitrogens is 3. The van der Waals surface area contributed by atoms with Crippen LogP contribution in [0, 0.1) is 0 Å². The molecule has 0 aliphatic carbocycles. The van der Waals surface area contributed by atoms with Gasteiger partial charge in [-0.3, -0.25) is 4.79 Å². The third kappa shape index (κ3) is 4.94. The van der Waals surface area contributed by atoms with Gasteiger partial charge in [-0.2, -0.15) is 4.98 Å². The van der Waals surface area contributed by atoms with Crippen molar-refractivity contribution in [2.45, 2.75) is 39.2 Å². The van der Waals surface area contributed by atoms with Crippen LogP contribution in [0.1, 0.15) is 48.0 Å². The molecular formula is C25H31N7O2. The van der Waals surface area contributed by atoms with E-state index in [-0.39, 0.29) is 22.9 Å². The van der Waals surface area contributed by atoms with Gasteiger partial charge in [0.2, 0.25) is 5.95 Å². The molecule has 1 aromatic heterocycles. The molecule has 0 bridgehead atoms. The van der Waals surface area contributed by atoms with Gasteiger partial charge in [-0.1, -0.05) is 39.0 Å². The highest BCUT2D eigenvalue weighted by molar-refractivity contribution is 5.96. The van der Waals surface area contributed by atoms with Crippen molar-refractivity contribution in [3.8, 4) is 5.75 Å². The zero-order chi connectivity index (χ0) is 24.5. The summed E-state index contributed by atoms with van der Waals surface area (Å²) in [5.74, 6) is 0.441. The molecule has 2 aromatic carbocycles. The van der Waals surface area contributed by atoms with Crippen LogP contribution in [0.25, 0.3) is 0 Å². The molecule has 0 fully saturated rings. The number of para-hydroxylation sites is 1. The Labute approximate surface area is 199 Å². The predicted octanol–water partition coefficient (Wildman–Crippen LogP) is 3.75. The monoisotopic (exact) mass is 461 g/mol. The van der Waals surface area contributed by atoms with Crippen LogP contribution in [0.15, 0.2) is 36.4 Å². The molecule has 0 unspecified atom stereocenters. The molecule has 4 rings (SSSR count). The maximum Gasteiger partial charge on any atom is 0.273 e. The summed E-state index contributed by atoms with van der Waals surface area (Å²) in [6.07, 6.45) is 0.967. The van der Waals surface area contributed by atoms with Gasteiger partial charge in [0.1, 0.15) is 5.75 Å². The maximum absolute atomic E-state index is 12.0. The van der Waals surface area contributed by atoms with Crippen LogP contribution in [0.4, 0.5) is 23.1 Å². The minimum absolute atomic E-state index is 0.0340. The molecule has 34 heavy (non-hydrogen) atoms. The Bertz CT molecular complexity index is 1220. The smallest absolute Gasteiger partial charge is 0.273 e. The Morgan fingerprint density at radius 3 is 2.56 bits per heavy atom. The number of fused-ring (bicyclic) bond motifs is 1. The first kappa shape index (κ1) is 23.4. The summed E-state index contributed by atoms with van der Waals surface area (Å²) < 4.78 is 5.61. The van der Waals surface area contributed by atoms with Crippen molar-refractivity contribution in [2.24, 2.45) is 5.73 Å². The number of nitrogens with zero attached hydrogens (tertiary/aromatic N) is 4. The first-order chi connectivity index (χ1) is 16.2. The lowest BCUT2D eigenvalue weighted by Crippen LogP contribution is -2.26. The minimum atomic E-state index is -0.711. The van der Waals surface area contributed by atoms with Gasteiger partial charge in [0.25, 0.3) is 5.91 Å². The SMILES string of the molecule is COc1cc2c(cc1Nc1nnc(C(N)=O)c(Nc3ccccc3C(C)(C)C)n1)CN(C)CC2. The summed E-state index contributed by atoms with van der Waals surface area (Å²) in [6.45, 7) is 8.22. The molecule has 9 heteroatoms. The molecular weight excluding hydrogens is 430 g/mol. The number of carbonyl (C=O) groups excluding carboxylic acids is 1. The van der Waals surface area contributed by atoms with E-state index in [1.165, 1.54) is 11.1 Å². The minimum Gasteiger partial charge on any atom is -0.495 e. The molecule has 1 aliphatic heterocycles. The Kier molecular flexibility index (Phi) is 6.39. The van der Waals surface area contributed by atoms with Crippen molar-refractivity contribution in [3.05, 3.63) is 58.8 Å². The summed E-state index contributed by atoms with van der Waals surface area (Å²) in [5, 5.41) is 14.6. The molecule has 0 radical (unpaired) electrons. The Morgan fingerprint density at radius 1 is 1.09 bits per heavy atom. The molecule has 3 aromatic rings. The number of anilines is 4. The fourth-order valence-corrected chi connectivity index (χ4v) is 4.12. The van der Waals surface area contributed by atoms with E-state index < -0.39 is 5.91 Å². The molecule has 9 nitrogen and oxygen atoms in total. The summed E-state index contributed by atoms with van der Waals surface area (Å²) in [5.41, 5.74) is 10.5. The lowest BCUT2D eigenvalue weighted by Gasteiger charge is -2.26. The van der Waals surface area contributed by atoms with Crippen molar-refractivity contribution in [1.82, 2.24) is 20.1 Å². The molecule has 4 N–H and O–H groups in total.